The summed E-state index contributed by atoms with van der Waals surface area (Å²) in [5, 5.41) is 4.92. The first kappa shape index (κ1) is 13.2. The van der Waals surface area contributed by atoms with Crippen LogP contribution in [0.2, 0.25) is 0 Å². The zero-order valence-corrected chi connectivity index (χ0v) is 11.1. The molecule has 0 spiro atoms. The number of nitrogens with one attached hydrogen (secondary N) is 1. The minimum absolute atomic E-state index is 0.296. The van der Waals surface area contributed by atoms with E-state index in [1.807, 2.05) is 35.7 Å². The Bertz CT molecular complexity index is 581. The van der Waals surface area contributed by atoms with Gasteiger partial charge in [0.05, 0.1) is 5.69 Å². The quantitative estimate of drug-likeness (QED) is 0.870. The maximum Gasteiger partial charge on any atom is 0.303 e. The van der Waals surface area contributed by atoms with Crippen LogP contribution in [-0.4, -0.2) is 23.5 Å². The molecule has 1 aromatic heterocycles. The summed E-state index contributed by atoms with van der Waals surface area (Å²) in [6, 6.07) is 9.66. The number of carbonyl (C=O) groups excluding carboxylic acids is 2. The molecule has 98 valence electrons. The summed E-state index contributed by atoms with van der Waals surface area (Å²) in [5.41, 5.74) is 1.78. The number of ether oxygens (including phenoxy) is 1. The van der Waals surface area contributed by atoms with E-state index in [9.17, 15) is 9.59 Å². The van der Waals surface area contributed by atoms with Gasteiger partial charge in [0.15, 0.2) is 11.7 Å². The molecule has 0 atom stereocenters. The van der Waals surface area contributed by atoms with Crippen molar-refractivity contribution in [3.05, 3.63) is 35.7 Å². The first-order valence-corrected chi connectivity index (χ1v) is 6.47. The monoisotopic (exact) mass is 276 g/mol. The largest absolute Gasteiger partial charge is 0.456 e. The van der Waals surface area contributed by atoms with E-state index in [1.165, 1.54) is 18.3 Å². The Morgan fingerprint density at radius 1 is 1.32 bits per heavy atom. The fourth-order valence-corrected chi connectivity index (χ4v) is 2.13. The molecule has 0 aliphatic heterocycles. The molecule has 0 fully saturated rings. The molecule has 0 aliphatic rings. The topological polar surface area (TPSA) is 68.3 Å². The summed E-state index contributed by atoms with van der Waals surface area (Å²) >= 11 is 1.32. The summed E-state index contributed by atoms with van der Waals surface area (Å²) in [6.07, 6.45) is 0. The van der Waals surface area contributed by atoms with Crippen LogP contribution in [0.4, 0.5) is 5.13 Å². The number of benzene rings is 1. The molecule has 19 heavy (non-hydrogen) atoms. The molecule has 1 N–H and O–H groups in total. The molecule has 2 rings (SSSR count). The van der Waals surface area contributed by atoms with E-state index >= 15 is 0 Å². The van der Waals surface area contributed by atoms with Crippen LogP contribution in [0.3, 0.4) is 0 Å². The predicted octanol–water partition coefficient (Wildman–Crippen LogP) is 2.31. The number of aromatic nitrogens is 1. The Kier molecular flexibility index (Phi) is 4.25. The summed E-state index contributed by atoms with van der Waals surface area (Å²) in [6.45, 7) is 0.958. The van der Waals surface area contributed by atoms with Gasteiger partial charge < -0.3 is 4.74 Å². The molecule has 0 saturated carbocycles. The van der Waals surface area contributed by atoms with Gasteiger partial charge in [0.2, 0.25) is 0 Å². The number of rotatable bonds is 4. The van der Waals surface area contributed by atoms with Gasteiger partial charge in [-0.05, 0) is 0 Å². The average Bonchev–Trinajstić information content (AvgIpc) is 2.86. The van der Waals surface area contributed by atoms with E-state index in [0.29, 0.717) is 5.13 Å². The van der Waals surface area contributed by atoms with Crippen LogP contribution in [0, 0.1) is 0 Å². The number of esters is 1. The number of carbonyl (C=O) groups is 2. The molecule has 0 aliphatic carbocycles. The van der Waals surface area contributed by atoms with Crippen molar-refractivity contribution in [3.63, 3.8) is 0 Å². The Labute approximate surface area is 114 Å². The first-order valence-electron chi connectivity index (χ1n) is 5.59. The van der Waals surface area contributed by atoms with E-state index in [2.05, 4.69) is 15.0 Å². The van der Waals surface area contributed by atoms with Crippen LogP contribution in [0.25, 0.3) is 11.3 Å². The average molecular weight is 276 g/mol. The molecule has 2 aromatic rings. The smallest absolute Gasteiger partial charge is 0.303 e. The fourth-order valence-electron chi connectivity index (χ4n) is 1.40. The maximum absolute atomic E-state index is 11.4. The van der Waals surface area contributed by atoms with E-state index in [4.69, 9.17) is 0 Å². The number of hydrogen-bond donors (Lipinski definition) is 1. The van der Waals surface area contributed by atoms with Crippen molar-refractivity contribution in [3.8, 4) is 11.3 Å². The highest BCUT2D eigenvalue weighted by Crippen LogP contribution is 2.24. The third-order valence-corrected chi connectivity index (χ3v) is 2.98. The molecule has 1 heterocycles. The van der Waals surface area contributed by atoms with Gasteiger partial charge in [0.25, 0.3) is 5.91 Å². The SMILES string of the molecule is CC(=O)OCC(=O)Nc1nc(-c2ccccc2)cs1. The second-order valence-corrected chi connectivity index (χ2v) is 4.59. The van der Waals surface area contributed by atoms with Gasteiger partial charge >= 0.3 is 5.97 Å². The molecule has 0 saturated heterocycles. The number of hydrogen-bond acceptors (Lipinski definition) is 5. The van der Waals surface area contributed by atoms with Gasteiger partial charge in [-0.1, -0.05) is 30.3 Å². The highest BCUT2D eigenvalue weighted by Gasteiger charge is 2.08. The van der Waals surface area contributed by atoms with Crippen LogP contribution >= 0.6 is 11.3 Å². The third-order valence-electron chi connectivity index (χ3n) is 2.23. The Morgan fingerprint density at radius 2 is 2.05 bits per heavy atom. The molecular formula is C13H12N2O3S. The zero-order chi connectivity index (χ0) is 13.7. The molecule has 1 amide bonds. The minimum Gasteiger partial charge on any atom is -0.456 e. The summed E-state index contributed by atoms with van der Waals surface area (Å²) in [5.74, 6) is -0.886. The predicted molar refractivity (Wildman–Crippen MR) is 72.8 cm³/mol. The van der Waals surface area contributed by atoms with E-state index in [1.54, 1.807) is 0 Å². The van der Waals surface area contributed by atoms with Crippen molar-refractivity contribution < 1.29 is 14.3 Å². The first-order chi connectivity index (χ1) is 9.15. The van der Waals surface area contributed by atoms with Crippen molar-refractivity contribution >= 4 is 28.3 Å². The van der Waals surface area contributed by atoms with Crippen LogP contribution in [0.5, 0.6) is 0 Å². The standard InChI is InChI=1S/C13H12N2O3S/c1-9(16)18-7-12(17)15-13-14-11(8-19-13)10-5-3-2-4-6-10/h2-6,8H,7H2,1H3,(H,14,15,17). The van der Waals surface area contributed by atoms with Gasteiger partial charge in [-0.3, -0.25) is 14.9 Å². The lowest BCUT2D eigenvalue weighted by Crippen LogP contribution is -2.19. The van der Waals surface area contributed by atoms with Gasteiger partial charge in [0.1, 0.15) is 0 Å². The van der Waals surface area contributed by atoms with Crippen molar-refractivity contribution in [1.29, 1.82) is 0 Å². The van der Waals surface area contributed by atoms with Crippen LogP contribution < -0.4 is 5.32 Å². The number of anilines is 1. The third kappa shape index (κ3) is 3.89. The van der Waals surface area contributed by atoms with Gasteiger partial charge in [-0.15, -0.1) is 11.3 Å². The van der Waals surface area contributed by atoms with E-state index in [0.717, 1.165) is 11.3 Å². The Morgan fingerprint density at radius 3 is 2.74 bits per heavy atom. The summed E-state index contributed by atoms with van der Waals surface area (Å²) in [7, 11) is 0. The Balaban J connectivity index is 1.98. The number of amides is 1. The van der Waals surface area contributed by atoms with Crippen LogP contribution in [-0.2, 0) is 14.3 Å². The molecule has 6 heteroatoms. The highest BCUT2D eigenvalue weighted by atomic mass is 32.1. The second kappa shape index (κ2) is 6.10. The lowest BCUT2D eigenvalue weighted by atomic mass is 10.2. The van der Waals surface area contributed by atoms with Crippen molar-refractivity contribution in [2.24, 2.45) is 0 Å². The minimum atomic E-state index is -0.487. The van der Waals surface area contributed by atoms with Crippen LogP contribution in [0.1, 0.15) is 6.92 Å². The van der Waals surface area contributed by atoms with E-state index in [-0.39, 0.29) is 6.61 Å². The summed E-state index contributed by atoms with van der Waals surface area (Å²) < 4.78 is 4.59. The second-order valence-electron chi connectivity index (χ2n) is 3.73. The molecule has 1 aromatic carbocycles. The van der Waals surface area contributed by atoms with Crippen molar-refractivity contribution in [1.82, 2.24) is 4.98 Å². The molecule has 0 bridgehead atoms. The van der Waals surface area contributed by atoms with Gasteiger partial charge in [-0.25, -0.2) is 4.98 Å². The molecule has 5 nitrogen and oxygen atoms in total. The van der Waals surface area contributed by atoms with E-state index < -0.39 is 11.9 Å². The summed E-state index contributed by atoms with van der Waals surface area (Å²) in [4.78, 5) is 26.3. The van der Waals surface area contributed by atoms with Crippen LogP contribution in [0.15, 0.2) is 35.7 Å². The molecular weight excluding hydrogens is 264 g/mol. The van der Waals surface area contributed by atoms with Crippen molar-refractivity contribution in [2.45, 2.75) is 6.92 Å². The van der Waals surface area contributed by atoms with Gasteiger partial charge in [-0.2, -0.15) is 0 Å². The number of thiazole rings is 1. The molecule has 0 unspecified atom stereocenters. The number of nitrogens with zero attached hydrogens (tertiary/aromatic N) is 1. The Hall–Kier alpha value is -2.21. The van der Waals surface area contributed by atoms with Gasteiger partial charge in [0, 0.05) is 17.9 Å². The molecule has 0 radical (unpaired) electrons. The lowest BCUT2D eigenvalue weighted by molar-refractivity contribution is -0.144. The zero-order valence-electron chi connectivity index (χ0n) is 10.3. The lowest BCUT2D eigenvalue weighted by Gasteiger charge is -2.01. The van der Waals surface area contributed by atoms with Crippen molar-refractivity contribution in [2.75, 3.05) is 11.9 Å². The maximum atomic E-state index is 11.4. The highest BCUT2D eigenvalue weighted by molar-refractivity contribution is 7.14. The normalized spacial score (nSPS) is 9.95. The fraction of sp³-hybridized carbons (Fsp3) is 0.154.